The first-order chi connectivity index (χ1) is 13.5. The summed E-state index contributed by atoms with van der Waals surface area (Å²) in [5.41, 5.74) is 9.35. The van der Waals surface area contributed by atoms with Crippen LogP contribution in [0.15, 0.2) is 49.1 Å². The van der Waals surface area contributed by atoms with Crippen LogP contribution < -0.4 is 10.6 Å². The molecule has 3 aromatic rings. The minimum Gasteiger partial charge on any atom is -0.397 e. The van der Waals surface area contributed by atoms with Crippen molar-refractivity contribution in [2.45, 2.75) is 0 Å². The second-order valence-corrected chi connectivity index (χ2v) is 7.33. The van der Waals surface area contributed by atoms with Gasteiger partial charge in [0.1, 0.15) is 12.7 Å². The van der Waals surface area contributed by atoms with Crippen LogP contribution in [0.1, 0.15) is 10.4 Å². The number of carbonyl (C=O) groups is 1. The summed E-state index contributed by atoms with van der Waals surface area (Å²) < 4.78 is 1.80. The lowest BCUT2D eigenvalue weighted by Gasteiger charge is -2.36. The van der Waals surface area contributed by atoms with Gasteiger partial charge in [0.25, 0.3) is 5.91 Å². The first-order valence-corrected chi connectivity index (χ1v) is 9.52. The van der Waals surface area contributed by atoms with Crippen molar-refractivity contribution in [3.05, 3.63) is 64.7 Å². The number of rotatable bonds is 3. The Morgan fingerprint density at radius 2 is 1.64 bits per heavy atom. The molecule has 2 heterocycles. The van der Waals surface area contributed by atoms with Gasteiger partial charge < -0.3 is 15.5 Å². The number of halogens is 2. The number of nitrogen functional groups attached to an aromatic ring is 1. The summed E-state index contributed by atoms with van der Waals surface area (Å²) in [6.45, 7) is 2.60. The monoisotopic (exact) mass is 416 g/mol. The quantitative estimate of drug-likeness (QED) is 0.663. The van der Waals surface area contributed by atoms with Crippen molar-refractivity contribution >= 4 is 40.5 Å². The molecule has 2 N–H and O–H groups in total. The van der Waals surface area contributed by atoms with Crippen molar-refractivity contribution < 1.29 is 4.79 Å². The minimum atomic E-state index is -0.0471. The van der Waals surface area contributed by atoms with E-state index in [1.807, 2.05) is 23.1 Å². The fourth-order valence-electron chi connectivity index (χ4n) is 3.29. The lowest BCUT2D eigenvalue weighted by atomic mass is 10.1. The number of benzene rings is 2. The Morgan fingerprint density at radius 3 is 2.29 bits per heavy atom. The van der Waals surface area contributed by atoms with Crippen LogP contribution in [0.4, 0.5) is 11.4 Å². The molecule has 7 nitrogen and oxygen atoms in total. The predicted molar refractivity (Wildman–Crippen MR) is 110 cm³/mol. The maximum absolute atomic E-state index is 12.7. The molecular formula is C19H18Cl2N6O. The highest BCUT2D eigenvalue weighted by Crippen LogP contribution is 2.28. The molecule has 1 fully saturated rings. The van der Waals surface area contributed by atoms with Crippen LogP contribution in [0.2, 0.25) is 10.0 Å². The van der Waals surface area contributed by atoms with E-state index in [-0.39, 0.29) is 5.91 Å². The van der Waals surface area contributed by atoms with Crippen LogP contribution in [-0.4, -0.2) is 51.8 Å². The third-order valence-electron chi connectivity index (χ3n) is 4.80. The van der Waals surface area contributed by atoms with Gasteiger partial charge in [-0.15, -0.1) is 10.2 Å². The van der Waals surface area contributed by atoms with Crippen LogP contribution in [0, 0.1) is 0 Å². The van der Waals surface area contributed by atoms with E-state index in [9.17, 15) is 4.79 Å². The smallest absolute Gasteiger partial charge is 0.254 e. The zero-order valence-electron chi connectivity index (χ0n) is 14.9. The summed E-state index contributed by atoms with van der Waals surface area (Å²) in [6.07, 6.45) is 3.25. The molecule has 2 aromatic carbocycles. The number of nitrogens with two attached hydrogens (primary N) is 1. The Morgan fingerprint density at radius 1 is 0.929 bits per heavy atom. The van der Waals surface area contributed by atoms with Gasteiger partial charge in [-0.25, -0.2) is 0 Å². The number of aromatic nitrogens is 3. The lowest BCUT2D eigenvalue weighted by Crippen LogP contribution is -2.49. The van der Waals surface area contributed by atoms with E-state index in [1.165, 1.54) is 0 Å². The third-order valence-corrected chi connectivity index (χ3v) is 5.54. The fourth-order valence-corrected chi connectivity index (χ4v) is 3.58. The number of amides is 1. The van der Waals surface area contributed by atoms with E-state index in [1.54, 1.807) is 35.4 Å². The van der Waals surface area contributed by atoms with Gasteiger partial charge in [0.2, 0.25) is 0 Å². The summed E-state index contributed by atoms with van der Waals surface area (Å²) in [6, 6.07) is 10.8. The first kappa shape index (κ1) is 18.6. The molecule has 4 rings (SSSR count). The molecule has 0 radical (unpaired) electrons. The molecule has 0 saturated carbocycles. The van der Waals surface area contributed by atoms with E-state index >= 15 is 0 Å². The van der Waals surface area contributed by atoms with Crippen LogP contribution in [0.25, 0.3) is 5.69 Å². The highest BCUT2D eigenvalue weighted by atomic mass is 35.5. The number of nitrogens with zero attached hydrogens (tertiary/aromatic N) is 5. The maximum Gasteiger partial charge on any atom is 0.254 e. The van der Waals surface area contributed by atoms with Gasteiger partial charge >= 0.3 is 0 Å². The summed E-state index contributed by atoms with van der Waals surface area (Å²) in [5, 5.41) is 8.44. The van der Waals surface area contributed by atoms with E-state index in [4.69, 9.17) is 28.9 Å². The molecule has 1 aliphatic heterocycles. The van der Waals surface area contributed by atoms with E-state index in [0.717, 1.165) is 11.4 Å². The average molecular weight is 417 g/mol. The van der Waals surface area contributed by atoms with Gasteiger partial charge in [-0.2, -0.15) is 0 Å². The summed E-state index contributed by atoms with van der Waals surface area (Å²) >= 11 is 12.0. The molecule has 0 aliphatic carbocycles. The largest absolute Gasteiger partial charge is 0.397 e. The van der Waals surface area contributed by atoms with Crippen molar-refractivity contribution in [2.75, 3.05) is 36.8 Å². The molecule has 0 atom stereocenters. The van der Waals surface area contributed by atoms with E-state index < -0.39 is 0 Å². The molecule has 28 heavy (non-hydrogen) atoms. The zero-order chi connectivity index (χ0) is 19.7. The van der Waals surface area contributed by atoms with Crippen molar-refractivity contribution in [3.8, 4) is 5.69 Å². The molecule has 9 heteroatoms. The third kappa shape index (κ3) is 3.63. The molecule has 1 saturated heterocycles. The SMILES string of the molecule is Nc1cc(-n2cnnc2)ccc1N1CCN(C(=O)c2ccc(Cl)c(Cl)c2)CC1. The van der Waals surface area contributed by atoms with Gasteiger partial charge in [0.05, 0.1) is 27.1 Å². The number of hydrogen-bond donors (Lipinski definition) is 1. The average Bonchev–Trinajstić information content (AvgIpc) is 3.24. The number of carbonyl (C=O) groups excluding carboxylic acids is 1. The van der Waals surface area contributed by atoms with Gasteiger partial charge in [0.15, 0.2) is 0 Å². The van der Waals surface area contributed by atoms with Crippen molar-refractivity contribution in [1.29, 1.82) is 0 Å². The molecule has 1 aromatic heterocycles. The molecule has 144 valence electrons. The molecule has 0 spiro atoms. The lowest BCUT2D eigenvalue weighted by molar-refractivity contribution is 0.0747. The standard InChI is InChI=1S/C19H18Cl2N6O/c20-15-3-1-13(9-16(15)21)19(28)26-7-5-25(6-8-26)18-4-2-14(10-17(18)22)27-11-23-24-12-27/h1-4,9-12H,5-8,22H2. The topological polar surface area (TPSA) is 80.3 Å². The van der Waals surface area contributed by atoms with Crippen LogP contribution >= 0.6 is 23.2 Å². The minimum absolute atomic E-state index is 0.0471. The zero-order valence-corrected chi connectivity index (χ0v) is 16.4. The van der Waals surface area contributed by atoms with E-state index in [0.29, 0.717) is 47.5 Å². The van der Waals surface area contributed by atoms with E-state index in [2.05, 4.69) is 15.1 Å². The second kappa shape index (κ2) is 7.69. The van der Waals surface area contributed by atoms with Gasteiger partial charge in [-0.3, -0.25) is 9.36 Å². The number of hydrogen-bond acceptors (Lipinski definition) is 5. The predicted octanol–water partition coefficient (Wildman–Crippen LogP) is 3.12. The summed E-state index contributed by atoms with van der Waals surface area (Å²) in [4.78, 5) is 16.7. The molecule has 1 amide bonds. The Balaban J connectivity index is 1.44. The Labute approximate surface area is 172 Å². The van der Waals surface area contributed by atoms with Gasteiger partial charge in [-0.1, -0.05) is 23.2 Å². The summed E-state index contributed by atoms with van der Waals surface area (Å²) in [7, 11) is 0. The molecular weight excluding hydrogens is 399 g/mol. The highest BCUT2D eigenvalue weighted by Gasteiger charge is 2.23. The van der Waals surface area contributed by atoms with Crippen LogP contribution in [0.3, 0.4) is 0 Å². The van der Waals surface area contributed by atoms with Crippen molar-refractivity contribution in [2.24, 2.45) is 0 Å². The fraction of sp³-hybridized carbons (Fsp3) is 0.211. The number of piperazine rings is 1. The van der Waals surface area contributed by atoms with Crippen molar-refractivity contribution in [3.63, 3.8) is 0 Å². The summed E-state index contributed by atoms with van der Waals surface area (Å²) in [5.74, 6) is -0.0471. The van der Waals surface area contributed by atoms with Crippen molar-refractivity contribution in [1.82, 2.24) is 19.7 Å². The number of anilines is 2. The Bertz CT molecular complexity index is 1000. The van der Waals surface area contributed by atoms with Gasteiger partial charge in [0, 0.05) is 31.7 Å². The second-order valence-electron chi connectivity index (χ2n) is 6.52. The maximum atomic E-state index is 12.7. The van der Waals surface area contributed by atoms with Crippen LogP contribution in [0.5, 0.6) is 0 Å². The first-order valence-electron chi connectivity index (χ1n) is 8.77. The molecule has 0 bridgehead atoms. The molecule has 1 aliphatic rings. The normalized spacial score (nSPS) is 14.4. The Hall–Kier alpha value is -2.77. The van der Waals surface area contributed by atoms with Crippen LogP contribution in [-0.2, 0) is 0 Å². The highest BCUT2D eigenvalue weighted by molar-refractivity contribution is 6.42. The van der Waals surface area contributed by atoms with Gasteiger partial charge in [-0.05, 0) is 36.4 Å². The molecule has 0 unspecified atom stereocenters. The Kier molecular flexibility index (Phi) is 5.11.